The second-order valence-electron chi connectivity index (χ2n) is 4.59. The molecule has 1 unspecified atom stereocenters. The van der Waals surface area contributed by atoms with E-state index in [9.17, 15) is 0 Å². The predicted molar refractivity (Wildman–Crippen MR) is 65.6 cm³/mol. The van der Waals surface area contributed by atoms with Crippen LogP contribution in [0.4, 0.5) is 0 Å². The number of methoxy groups -OCH3 is 1. The fourth-order valence-electron chi connectivity index (χ4n) is 2.30. The molecule has 2 N–H and O–H groups in total. The Hall–Kier alpha value is -1.06. The molecule has 0 spiro atoms. The summed E-state index contributed by atoms with van der Waals surface area (Å²) in [6, 6.07) is 6.73. The average molecular weight is 220 g/mol. The number of likely N-dealkylation sites (tertiary alicyclic amines) is 1. The van der Waals surface area contributed by atoms with E-state index in [-0.39, 0.29) is 0 Å². The molecule has 3 heteroatoms. The molecule has 16 heavy (non-hydrogen) atoms. The highest BCUT2D eigenvalue weighted by atomic mass is 16.5. The first-order chi connectivity index (χ1) is 7.69. The van der Waals surface area contributed by atoms with Crippen LogP contribution in [0, 0.1) is 6.92 Å². The average Bonchev–Trinajstić information content (AvgIpc) is 2.64. The highest BCUT2D eigenvalue weighted by Crippen LogP contribution is 2.20. The van der Waals surface area contributed by atoms with Crippen molar-refractivity contribution in [2.75, 3.05) is 20.2 Å². The van der Waals surface area contributed by atoms with E-state index in [0.717, 1.165) is 31.8 Å². The number of benzene rings is 1. The molecule has 1 heterocycles. The molecule has 2 rings (SSSR count). The van der Waals surface area contributed by atoms with Crippen LogP contribution in [0.1, 0.15) is 17.5 Å². The molecular formula is C13H20N2O. The van der Waals surface area contributed by atoms with Gasteiger partial charge in [0.2, 0.25) is 0 Å². The van der Waals surface area contributed by atoms with E-state index in [1.54, 1.807) is 7.11 Å². The summed E-state index contributed by atoms with van der Waals surface area (Å²) in [7, 11) is 1.71. The van der Waals surface area contributed by atoms with Crippen molar-refractivity contribution in [3.63, 3.8) is 0 Å². The highest BCUT2D eigenvalue weighted by Gasteiger charge is 2.18. The molecule has 1 aliphatic rings. The minimum Gasteiger partial charge on any atom is -0.496 e. The van der Waals surface area contributed by atoms with Gasteiger partial charge in [0.15, 0.2) is 0 Å². The smallest absolute Gasteiger partial charge is 0.121 e. The molecule has 1 aliphatic heterocycles. The van der Waals surface area contributed by atoms with Gasteiger partial charge in [-0.1, -0.05) is 12.1 Å². The number of nitrogens with two attached hydrogens (primary N) is 1. The number of rotatable bonds is 3. The second kappa shape index (κ2) is 4.85. The minimum absolute atomic E-state index is 0.361. The summed E-state index contributed by atoms with van der Waals surface area (Å²) >= 11 is 0. The third-order valence-corrected chi connectivity index (χ3v) is 3.17. The summed E-state index contributed by atoms with van der Waals surface area (Å²) in [4.78, 5) is 2.41. The molecule has 1 fully saturated rings. The third-order valence-electron chi connectivity index (χ3n) is 3.17. The largest absolute Gasteiger partial charge is 0.496 e. The predicted octanol–water partition coefficient (Wildman–Crippen LogP) is 1.54. The molecule has 0 saturated carbocycles. The van der Waals surface area contributed by atoms with E-state index in [1.807, 2.05) is 6.07 Å². The van der Waals surface area contributed by atoms with Gasteiger partial charge >= 0.3 is 0 Å². The fraction of sp³-hybridized carbons (Fsp3) is 0.538. The van der Waals surface area contributed by atoms with E-state index in [1.165, 1.54) is 11.1 Å². The van der Waals surface area contributed by atoms with Crippen LogP contribution in [0.25, 0.3) is 0 Å². The van der Waals surface area contributed by atoms with Crippen molar-refractivity contribution in [2.24, 2.45) is 5.73 Å². The first kappa shape index (κ1) is 11.4. The van der Waals surface area contributed by atoms with E-state index in [4.69, 9.17) is 10.5 Å². The summed E-state index contributed by atoms with van der Waals surface area (Å²) < 4.78 is 5.25. The number of hydrogen-bond acceptors (Lipinski definition) is 3. The number of ether oxygens (including phenoxy) is 1. The number of nitrogens with zero attached hydrogens (tertiary/aromatic N) is 1. The van der Waals surface area contributed by atoms with Crippen molar-refractivity contribution in [2.45, 2.75) is 25.9 Å². The summed E-state index contributed by atoms with van der Waals surface area (Å²) in [6.07, 6.45) is 1.12. The molecule has 88 valence electrons. The summed E-state index contributed by atoms with van der Waals surface area (Å²) in [5, 5.41) is 0. The van der Waals surface area contributed by atoms with E-state index in [0.29, 0.717) is 6.04 Å². The molecular weight excluding hydrogens is 200 g/mol. The van der Waals surface area contributed by atoms with E-state index >= 15 is 0 Å². The van der Waals surface area contributed by atoms with Crippen LogP contribution in [0.15, 0.2) is 18.2 Å². The standard InChI is InChI=1S/C13H20N2O/c1-10-7-11(3-4-13(10)16-2)8-15-6-5-12(14)9-15/h3-4,7,12H,5-6,8-9,14H2,1-2H3. The van der Waals surface area contributed by atoms with Gasteiger partial charge in [0.05, 0.1) is 7.11 Å². The van der Waals surface area contributed by atoms with Gasteiger partial charge in [-0.2, -0.15) is 0 Å². The normalized spacial score (nSPS) is 21.3. The van der Waals surface area contributed by atoms with Gasteiger partial charge in [0.25, 0.3) is 0 Å². The van der Waals surface area contributed by atoms with Crippen molar-refractivity contribution < 1.29 is 4.74 Å². The van der Waals surface area contributed by atoms with Crippen LogP contribution >= 0.6 is 0 Å². The molecule has 1 aromatic rings. The van der Waals surface area contributed by atoms with Crippen molar-refractivity contribution >= 4 is 0 Å². The van der Waals surface area contributed by atoms with Crippen LogP contribution in [-0.2, 0) is 6.54 Å². The van der Waals surface area contributed by atoms with Crippen molar-refractivity contribution in [3.05, 3.63) is 29.3 Å². The molecule has 1 atom stereocenters. The van der Waals surface area contributed by atoms with Crippen LogP contribution in [0.2, 0.25) is 0 Å². The van der Waals surface area contributed by atoms with E-state index < -0.39 is 0 Å². The molecule has 3 nitrogen and oxygen atoms in total. The maximum absolute atomic E-state index is 5.89. The lowest BCUT2D eigenvalue weighted by atomic mass is 10.1. The summed E-state index contributed by atoms with van der Waals surface area (Å²) in [6.45, 7) is 5.22. The SMILES string of the molecule is COc1ccc(CN2CCC(N)C2)cc1C. The molecule has 0 aromatic heterocycles. The molecule has 0 aliphatic carbocycles. The molecule has 0 amide bonds. The summed E-state index contributed by atoms with van der Waals surface area (Å²) in [5.74, 6) is 0.960. The lowest BCUT2D eigenvalue weighted by Crippen LogP contribution is -2.26. The Morgan fingerprint density at radius 2 is 2.31 bits per heavy atom. The zero-order valence-corrected chi connectivity index (χ0v) is 10.1. The number of aryl methyl sites for hydroxylation is 1. The Kier molecular flexibility index (Phi) is 3.46. The van der Waals surface area contributed by atoms with Gasteiger partial charge in [0, 0.05) is 25.7 Å². The summed E-state index contributed by atoms with van der Waals surface area (Å²) in [5.41, 5.74) is 8.43. The lowest BCUT2D eigenvalue weighted by molar-refractivity contribution is 0.326. The van der Waals surface area contributed by atoms with E-state index in [2.05, 4.69) is 24.0 Å². The topological polar surface area (TPSA) is 38.5 Å². The second-order valence-corrected chi connectivity index (χ2v) is 4.59. The van der Waals surface area contributed by atoms with Crippen LogP contribution in [0.5, 0.6) is 5.75 Å². The quantitative estimate of drug-likeness (QED) is 0.839. The minimum atomic E-state index is 0.361. The molecule has 0 radical (unpaired) electrons. The molecule has 1 aromatic carbocycles. The van der Waals surface area contributed by atoms with Crippen LogP contribution < -0.4 is 10.5 Å². The van der Waals surface area contributed by atoms with Gasteiger partial charge in [-0.05, 0) is 30.5 Å². The van der Waals surface area contributed by atoms with Crippen molar-refractivity contribution in [1.82, 2.24) is 4.90 Å². The Balaban J connectivity index is 2.02. The maximum Gasteiger partial charge on any atom is 0.121 e. The van der Waals surface area contributed by atoms with Crippen molar-refractivity contribution in [3.8, 4) is 5.75 Å². The number of hydrogen-bond donors (Lipinski definition) is 1. The Morgan fingerprint density at radius 3 is 2.88 bits per heavy atom. The Labute approximate surface area is 97.2 Å². The third kappa shape index (κ3) is 2.54. The van der Waals surface area contributed by atoms with Crippen LogP contribution in [0.3, 0.4) is 0 Å². The van der Waals surface area contributed by atoms with Crippen LogP contribution in [-0.4, -0.2) is 31.1 Å². The monoisotopic (exact) mass is 220 g/mol. The maximum atomic E-state index is 5.89. The zero-order valence-electron chi connectivity index (χ0n) is 10.1. The zero-order chi connectivity index (χ0) is 11.5. The van der Waals surface area contributed by atoms with Gasteiger partial charge in [-0.15, -0.1) is 0 Å². The first-order valence-electron chi connectivity index (χ1n) is 5.80. The highest BCUT2D eigenvalue weighted by molar-refractivity contribution is 5.36. The molecule has 1 saturated heterocycles. The lowest BCUT2D eigenvalue weighted by Gasteiger charge is -2.16. The van der Waals surface area contributed by atoms with Gasteiger partial charge < -0.3 is 10.5 Å². The van der Waals surface area contributed by atoms with Gasteiger partial charge in [-0.3, -0.25) is 4.90 Å². The Morgan fingerprint density at radius 1 is 1.50 bits per heavy atom. The molecule has 0 bridgehead atoms. The van der Waals surface area contributed by atoms with Gasteiger partial charge in [-0.25, -0.2) is 0 Å². The first-order valence-corrected chi connectivity index (χ1v) is 5.80. The Bertz CT molecular complexity index is 365. The van der Waals surface area contributed by atoms with Crippen molar-refractivity contribution in [1.29, 1.82) is 0 Å². The van der Waals surface area contributed by atoms with Gasteiger partial charge in [0.1, 0.15) is 5.75 Å². The fourth-order valence-corrected chi connectivity index (χ4v) is 2.30.